The van der Waals surface area contributed by atoms with Crippen LogP contribution in [-0.2, 0) is 6.54 Å². The van der Waals surface area contributed by atoms with Crippen molar-refractivity contribution in [2.24, 2.45) is 0 Å². The summed E-state index contributed by atoms with van der Waals surface area (Å²) >= 11 is 1.75. The molecule has 1 heterocycles. The highest BCUT2D eigenvalue weighted by atomic mass is 32.1. The molecule has 1 rings (SSSR count). The van der Waals surface area contributed by atoms with Crippen LogP contribution in [0.2, 0.25) is 0 Å². The van der Waals surface area contributed by atoms with Gasteiger partial charge in [0.25, 0.3) is 0 Å². The first kappa shape index (κ1) is 12.5. The van der Waals surface area contributed by atoms with Gasteiger partial charge in [0.05, 0.1) is 0 Å². The van der Waals surface area contributed by atoms with Gasteiger partial charge in [-0.05, 0) is 27.3 Å². The molecule has 1 aromatic rings. The molecule has 1 N–H and O–H groups in total. The van der Waals surface area contributed by atoms with E-state index in [0.29, 0.717) is 6.04 Å². The molecule has 0 aliphatic rings. The van der Waals surface area contributed by atoms with Gasteiger partial charge in [-0.2, -0.15) is 0 Å². The number of nitrogens with zero attached hydrogens (tertiary/aromatic N) is 2. The first-order valence-electron chi connectivity index (χ1n) is 5.52. The number of hydrogen-bond acceptors (Lipinski definition) is 4. The zero-order chi connectivity index (χ0) is 11.3. The fraction of sp³-hybridized carbons (Fsp3) is 0.727. The van der Waals surface area contributed by atoms with E-state index in [1.54, 1.807) is 11.3 Å². The molecule has 0 spiro atoms. The van der Waals surface area contributed by atoms with Gasteiger partial charge >= 0.3 is 0 Å². The Hall–Kier alpha value is -0.610. The van der Waals surface area contributed by atoms with Crippen molar-refractivity contribution >= 4 is 16.5 Å². The summed E-state index contributed by atoms with van der Waals surface area (Å²) < 4.78 is 0. The van der Waals surface area contributed by atoms with E-state index in [9.17, 15) is 0 Å². The van der Waals surface area contributed by atoms with E-state index < -0.39 is 0 Å². The maximum Gasteiger partial charge on any atom is 0.182 e. The number of nitrogens with one attached hydrogen (secondary N) is 1. The van der Waals surface area contributed by atoms with E-state index in [1.165, 1.54) is 4.88 Å². The summed E-state index contributed by atoms with van der Waals surface area (Å²) in [5.74, 6) is 0. The van der Waals surface area contributed by atoms with Crippen LogP contribution < -0.4 is 5.32 Å². The molecule has 15 heavy (non-hydrogen) atoms. The summed E-state index contributed by atoms with van der Waals surface area (Å²) in [7, 11) is 2.14. The van der Waals surface area contributed by atoms with Crippen LogP contribution in [0, 0.1) is 0 Å². The molecular weight excluding hydrogens is 206 g/mol. The monoisotopic (exact) mass is 227 g/mol. The van der Waals surface area contributed by atoms with Crippen molar-refractivity contribution in [3.05, 3.63) is 11.1 Å². The van der Waals surface area contributed by atoms with Gasteiger partial charge in [-0.1, -0.05) is 6.92 Å². The van der Waals surface area contributed by atoms with Gasteiger partial charge in [-0.15, -0.1) is 11.3 Å². The minimum Gasteiger partial charge on any atom is -0.362 e. The molecular formula is C11H21N3S. The number of hydrogen-bond donors (Lipinski definition) is 1. The Balaban J connectivity index is 2.45. The summed E-state index contributed by atoms with van der Waals surface area (Å²) in [5, 5.41) is 4.35. The van der Waals surface area contributed by atoms with Crippen molar-refractivity contribution in [1.29, 1.82) is 0 Å². The Morgan fingerprint density at radius 1 is 1.53 bits per heavy atom. The smallest absolute Gasteiger partial charge is 0.182 e. The maximum atomic E-state index is 4.35. The van der Waals surface area contributed by atoms with Gasteiger partial charge in [0.1, 0.15) is 0 Å². The van der Waals surface area contributed by atoms with Crippen molar-refractivity contribution < 1.29 is 0 Å². The first-order chi connectivity index (χ1) is 7.13. The minimum atomic E-state index is 0.583. The Morgan fingerprint density at radius 2 is 2.27 bits per heavy atom. The second-order valence-electron chi connectivity index (χ2n) is 4.07. The molecule has 86 valence electrons. The van der Waals surface area contributed by atoms with Gasteiger partial charge in [-0.25, -0.2) is 4.98 Å². The molecule has 3 nitrogen and oxygen atoms in total. The molecule has 0 aliphatic carbocycles. The molecule has 0 amide bonds. The molecule has 0 aromatic carbocycles. The highest BCUT2D eigenvalue weighted by Gasteiger charge is 2.07. The van der Waals surface area contributed by atoms with Crippen LogP contribution in [0.15, 0.2) is 6.20 Å². The van der Waals surface area contributed by atoms with Gasteiger partial charge in [0.2, 0.25) is 0 Å². The fourth-order valence-electron chi connectivity index (χ4n) is 1.12. The Kier molecular flexibility index (Phi) is 5.05. The van der Waals surface area contributed by atoms with E-state index in [2.05, 4.69) is 43.0 Å². The number of thiazole rings is 1. The summed E-state index contributed by atoms with van der Waals surface area (Å²) in [4.78, 5) is 7.99. The van der Waals surface area contributed by atoms with Gasteiger partial charge in [-0.3, -0.25) is 4.90 Å². The fourth-order valence-corrected chi connectivity index (χ4v) is 2.02. The molecule has 0 saturated heterocycles. The lowest BCUT2D eigenvalue weighted by molar-refractivity contribution is 0.268. The Morgan fingerprint density at radius 3 is 2.87 bits per heavy atom. The van der Waals surface area contributed by atoms with Crippen LogP contribution in [0.4, 0.5) is 5.13 Å². The van der Waals surface area contributed by atoms with Gasteiger partial charge in [0, 0.05) is 30.2 Å². The van der Waals surface area contributed by atoms with Crippen molar-refractivity contribution in [1.82, 2.24) is 9.88 Å². The standard InChI is InChI=1S/C11H21N3S/c1-5-6-12-11-13-7-10(15-11)8-14(4)9(2)3/h7,9H,5-6,8H2,1-4H3,(H,12,13). The molecule has 0 radical (unpaired) electrons. The first-order valence-corrected chi connectivity index (χ1v) is 6.34. The van der Waals surface area contributed by atoms with Crippen LogP contribution in [0.5, 0.6) is 0 Å². The van der Waals surface area contributed by atoms with Crippen molar-refractivity contribution in [2.45, 2.75) is 39.8 Å². The summed E-state index contributed by atoms with van der Waals surface area (Å²) in [6.45, 7) is 8.57. The second kappa shape index (κ2) is 6.08. The van der Waals surface area contributed by atoms with Gasteiger partial charge < -0.3 is 5.32 Å². The lowest BCUT2D eigenvalue weighted by Crippen LogP contribution is -2.25. The second-order valence-corrected chi connectivity index (χ2v) is 5.18. The molecule has 0 saturated carbocycles. The van der Waals surface area contributed by atoms with Crippen molar-refractivity contribution in [2.75, 3.05) is 18.9 Å². The predicted octanol–water partition coefficient (Wildman–Crippen LogP) is 2.81. The van der Waals surface area contributed by atoms with Gasteiger partial charge in [0.15, 0.2) is 5.13 Å². The topological polar surface area (TPSA) is 28.2 Å². The minimum absolute atomic E-state index is 0.583. The van der Waals surface area contributed by atoms with Crippen LogP contribution >= 0.6 is 11.3 Å². The third-order valence-electron chi connectivity index (χ3n) is 2.37. The molecule has 0 bridgehead atoms. The van der Waals surface area contributed by atoms with Crippen molar-refractivity contribution in [3.63, 3.8) is 0 Å². The zero-order valence-corrected chi connectivity index (χ0v) is 10.9. The SMILES string of the molecule is CCCNc1ncc(CN(C)C(C)C)s1. The summed E-state index contributed by atoms with van der Waals surface area (Å²) in [5.41, 5.74) is 0. The number of anilines is 1. The lowest BCUT2D eigenvalue weighted by Gasteiger charge is -2.19. The normalized spacial score (nSPS) is 11.3. The van der Waals surface area contributed by atoms with E-state index >= 15 is 0 Å². The number of aromatic nitrogens is 1. The Bertz CT molecular complexity index is 283. The molecule has 0 atom stereocenters. The average Bonchev–Trinajstić information content (AvgIpc) is 2.62. The zero-order valence-electron chi connectivity index (χ0n) is 10.1. The van der Waals surface area contributed by atoms with Crippen LogP contribution in [0.25, 0.3) is 0 Å². The van der Waals surface area contributed by atoms with Crippen molar-refractivity contribution in [3.8, 4) is 0 Å². The summed E-state index contributed by atoms with van der Waals surface area (Å²) in [6.07, 6.45) is 3.11. The highest BCUT2D eigenvalue weighted by Crippen LogP contribution is 2.19. The molecule has 1 aromatic heterocycles. The van der Waals surface area contributed by atoms with Crippen LogP contribution in [0.1, 0.15) is 32.1 Å². The average molecular weight is 227 g/mol. The van der Waals surface area contributed by atoms with E-state index in [1.807, 2.05) is 6.20 Å². The Labute approximate surface area is 96.5 Å². The molecule has 4 heteroatoms. The highest BCUT2D eigenvalue weighted by molar-refractivity contribution is 7.15. The molecule has 0 aliphatic heterocycles. The third-order valence-corrected chi connectivity index (χ3v) is 3.31. The quantitative estimate of drug-likeness (QED) is 0.810. The molecule has 0 unspecified atom stereocenters. The van der Waals surface area contributed by atoms with E-state index in [-0.39, 0.29) is 0 Å². The maximum absolute atomic E-state index is 4.35. The molecule has 0 fully saturated rings. The van der Waals surface area contributed by atoms with Crippen LogP contribution in [-0.4, -0.2) is 29.5 Å². The summed E-state index contributed by atoms with van der Waals surface area (Å²) in [6, 6.07) is 0.583. The van der Waals surface area contributed by atoms with Crippen LogP contribution in [0.3, 0.4) is 0 Å². The van der Waals surface area contributed by atoms with E-state index in [4.69, 9.17) is 0 Å². The number of rotatable bonds is 6. The lowest BCUT2D eigenvalue weighted by atomic mass is 10.3. The largest absolute Gasteiger partial charge is 0.362 e. The van der Waals surface area contributed by atoms with E-state index in [0.717, 1.165) is 24.6 Å². The third kappa shape index (κ3) is 4.18. The predicted molar refractivity (Wildman–Crippen MR) is 67.5 cm³/mol.